The number of rotatable bonds is 7. The number of hydrogen-bond donors (Lipinski definition) is 1. The van der Waals surface area contributed by atoms with Crippen LogP contribution in [0.3, 0.4) is 0 Å². The largest absolute Gasteiger partial charge is 0.508 e. The van der Waals surface area contributed by atoms with E-state index in [4.69, 9.17) is 4.74 Å². The number of carbonyl (C=O) groups excluding carboxylic acids is 1. The van der Waals surface area contributed by atoms with Crippen molar-refractivity contribution in [2.24, 2.45) is 5.92 Å². The van der Waals surface area contributed by atoms with Crippen LogP contribution in [-0.4, -0.2) is 33.9 Å². The van der Waals surface area contributed by atoms with Gasteiger partial charge in [0.05, 0.1) is 5.69 Å². The highest BCUT2D eigenvalue weighted by atomic mass is 32.1. The second-order valence-electron chi connectivity index (χ2n) is 7.44. The van der Waals surface area contributed by atoms with Crippen molar-refractivity contribution in [1.82, 2.24) is 9.88 Å². The van der Waals surface area contributed by atoms with Crippen LogP contribution in [0.5, 0.6) is 11.5 Å². The average molecular weight is 427 g/mol. The van der Waals surface area contributed by atoms with Crippen LogP contribution in [-0.2, 0) is 13.2 Å². The fourth-order valence-electron chi connectivity index (χ4n) is 3.61. The van der Waals surface area contributed by atoms with Crippen molar-refractivity contribution in [2.75, 3.05) is 13.1 Å². The summed E-state index contributed by atoms with van der Waals surface area (Å²) in [4.78, 5) is 19.6. The van der Waals surface area contributed by atoms with Gasteiger partial charge in [0, 0.05) is 23.4 Å². The number of phenols is 1. The first-order valence-electron chi connectivity index (χ1n) is 9.94. The molecule has 0 bridgehead atoms. The van der Waals surface area contributed by atoms with Gasteiger partial charge in [-0.1, -0.05) is 0 Å². The van der Waals surface area contributed by atoms with Crippen molar-refractivity contribution in [3.05, 3.63) is 76.0 Å². The Hall–Kier alpha value is -2.77. The van der Waals surface area contributed by atoms with E-state index in [-0.39, 0.29) is 23.3 Å². The number of phenolic OH excluding ortho intramolecular Hbond substituents is 1. The van der Waals surface area contributed by atoms with Crippen LogP contribution in [0.4, 0.5) is 4.39 Å². The molecule has 0 saturated carbocycles. The van der Waals surface area contributed by atoms with Gasteiger partial charge in [0.2, 0.25) is 0 Å². The minimum Gasteiger partial charge on any atom is -0.508 e. The van der Waals surface area contributed by atoms with E-state index in [1.165, 1.54) is 12.1 Å². The van der Waals surface area contributed by atoms with Gasteiger partial charge in [0.15, 0.2) is 5.78 Å². The lowest BCUT2D eigenvalue weighted by molar-refractivity contribution is 0.0834. The zero-order chi connectivity index (χ0) is 20.9. The summed E-state index contributed by atoms with van der Waals surface area (Å²) < 4.78 is 18.6. The first kappa shape index (κ1) is 20.5. The third-order valence-corrected chi connectivity index (χ3v) is 6.14. The van der Waals surface area contributed by atoms with Crippen LogP contribution in [0.25, 0.3) is 0 Å². The normalized spacial score (nSPS) is 15.2. The minimum atomic E-state index is -0.285. The summed E-state index contributed by atoms with van der Waals surface area (Å²) in [6.07, 6.45) is 1.65. The van der Waals surface area contributed by atoms with Gasteiger partial charge < -0.3 is 9.84 Å². The number of aromatic hydroxyl groups is 1. The number of nitrogens with zero attached hydrogens (tertiary/aromatic N) is 2. The molecule has 0 aliphatic carbocycles. The fourth-order valence-corrected chi connectivity index (χ4v) is 4.30. The summed E-state index contributed by atoms with van der Waals surface area (Å²) in [6, 6.07) is 12.5. The number of benzene rings is 2. The molecule has 1 aromatic heterocycles. The lowest BCUT2D eigenvalue weighted by atomic mass is 9.89. The van der Waals surface area contributed by atoms with E-state index < -0.39 is 0 Å². The van der Waals surface area contributed by atoms with Crippen LogP contribution >= 0.6 is 11.3 Å². The van der Waals surface area contributed by atoms with Gasteiger partial charge in [-0.25, -0.2) is 9.37 Å². The molecule has 1 saturated heterocycles. The van der Waals surface area contributed by atoms with E-state index in [2.05, 4.69) is 9.88 Å². The summed E-state index contributed by atoms with van der Waals surface area (Å²) in [5.41, 5.74) is 1.66. The summed E-state index contributed by atoms with van der Waals surface area (Å²) in [5.74, 6) is 0.692. The van der Waals surface area contributed by atoms with Crippen LogP contribution in [0, 0.1) is 11.7 Å². The number of ketones is 1. The van der Waals surface area contributed by atoms with E-state index in [1.54, 1.807) is 47.7 Å². The molecule has 1 fully saturated rings. The van der Waals surface area contributed by atoms with Gasteiger partial charge in [0.25, 0.3) is 0 Å². The Labute approximate surface area is 178 Å². The number of hydrogen-bond acceptors (Lipinski definition) is 6. The summed E-state index contributed by atoms with van der Waals surface area (Å²) in [6.45, 7) is 2.83. The van der Waals surface area contributed by atoms with Crippen molar-refractivity contribution in [3.63, 3.8) is 0 Å². The molecule has 2 aromatic carbocycles. The number of ether oxygens (including phenoxy) is 1. The van der Waals surface area contributed by atoms with Gasteiger partial charge in [-0.15, -0.1) is 11.3 Å². The van der Waals surface area contributed by atoms with Gasteiger partial charge in [-0.05, 0) is 74.5 Å². The molecule has 5 nitrogen and oxygen atoms in total. The number of thiazole rings is 1. The van der Waals surface area contributed by atoms with Gasteiger partial charge in [-0.2, -0.15) is 0 Å². The van der Waals surface area contributed by atoms with Gasteiger partial charge in [-0.3, -0.25) is 9.69 Å². The Morgan fingerprint density at radius 2 is 1.83 bits per heavy atom. The predicted molar refractivity (Wildman–Crippen MR) is 113 cm³/mol. The molecule has 2 heterocycles. The SMILES string of the molecule is O=C(c1ccc(O)cc1)C1CCN(Cc2csc(COc3ccc(F)cc3)n2)CC1. The third kappa shape index (κ3) is 5.23. The van der Waals surface area contributed by atoms with Crippen molar-refractivity contribution >= 4 is 17.1 Å². The lowest BCUT2D eigenvalue weighted by Crippen LogP contribution is -2.36. The van der Waals surface area contributed by atoms with E-state index in [9.17, 15) is 14.3 Å². The lowest BCUT2D eigenvalue weighted by Gasteiger charge is -2.30. The molecule has 0 radical (unpaired) electrons. The summed E-state index contributed by atoms with van der Waals surface area (Å²) >= 11 is 1.55. The Kier molecular flexibility index (Phi) is 6.40. The zero-order valence-electron chi connectivity index (χ0n) is 16.5. The number of piperidine rings is 1. The molecular formula is C23H23FN2O3S. The maximum atomic E-state index is 12.9. The highest BCUT2D eigenvalue weighted by molar-refractivity contribution is 7.09. The summed E-state index contributed by atoms with van der Waals surface area (Å²) in [5, 5.41) is 12.3. The third-order valence-electron chi connectivity index (χ3n) is 5.27. The summed E-state index contributed by atoms with van der Waals surface area (Å²) in [7, 11) is 0. The average Bonchev–Trinajstić information content (AvgIpc) is 3.21. The molecule has 0 atom stereocenters. The first-order valence-corrected chi connectivity index (χ1v) is 10.8. The molecule has 30 heavy (non-hydrogen) atoms. The fraction of sp³-hybridized carbons (Fsp3) is 0.304. The van der Waals surface area contributed by atoms with E-state index in [0.717, 1.165) is 43.2 Å². The first-order chi connectivity index (χ1) is 14.6. The zero-order valence-corrected chi connectivity index (χ0v) is 17.3. The smallest absolute Gasteiger partial charge is 0.166 e. The highest BCUT2D eigenvalue weighted by Gasteiger charge is 2.26. The Morgan fingerprint density at radius 3 is 2.53 bits per heavy atom. The van der Waals surface area contributed by atoms with Crippen LogP contribution in [0.1, 0.15) is 33.9 Å². The number of halogens is 1. The number of aromatic nitrogens is 1. The van der Waals surface area contributed by atoms with Crippen molar-refractivity contribution in [3.8, 4) is 11.5 Å². The second kappa shape index (κ2) is 9.36. The number of likely N-dealkylation sites (tertiary alicyclic amines) is 1. The predicted octanol–water partition coefficient (Wildman–Crippen LogP) is 4.66. The Balaban J connectivity index is 1.24. The van der Waals surface area contributed by atoms with Gasteiger partial charge >= 0.3 is 0 Å². The van der Waals surface area contributed by atoms with Crippen LogP contribution < -0.4 is 4.74 Å². The van der Waals surface area contributed by atoms with Crippen molar-refractivity contribution in [2.45, 2.75) is 26.0 Å². The van der Waals surface area contributed by atoms with Gasteiger partial charge in [0.1, 0.15) is 28.9 Å². The monoisotopic (exact) mass is 426 g/mol. The quantitative estimate of drug-likeness (QED) is 0.557. The topological polar surface area (TPSA) is 62.7 Å². The Morgan fingerprint density at radius 1 is 1.13 bits per heavy atom. The van der Waals surface area contributed by atoms with Crippen molar-refractivity contribution in [1.29, 1.82) is 0 Å². The molecule has 1 aliphatic rings. The second-order valence-corrected chi connectivity index (χ2v) is 8.38. The van der Waals surface area contributed by atoms with E-state index >= 15 is 0 Å². The maximum Gasteiger partial charge on any atom is 0.166 e. The van der Waals surface area contributed by atoms with E-state index in [1.807, 2.05) is 5.38 Å². The minimum absolute atomic E-state index is 0.0286. The Bertz CT molecular complexity index is 980. The number of carbonyl (C=O) groups is 1. The maximum absolute atomic E-state index is 12.9. The standard InChI is InChI=1S/C23H23FN2O3S/c24-18-3-7-21(8-4-18)29-14-22-25-19(15-30-22)13-26-11-9-17(10-12-26)23(28)16-1-5-20(27)6-2-16/h1-8,15,17,27H,9-14H2. The highest BCUT2D eigenvalue weighted by Crippen LogP contribution is 2.24. The van der Waals surface area contributed by atoms with Crippen LogP contribution in [0.2, 0.25) is 0 Å². The number of Topliss-reactive ketones (excluding diaryl/α,β-unsaturated/α-hetero) is 1. The van der Waals surface area contributed by atoms with Crippen molar-refractivity contribution < 1.29 is 19.0 Å². The van der Waals surface area contributed by atoms with Crippen LogP contribution in [0.15, 0.2) is 53.9 Å². The molecule has 1 aliphatic heterocycles. The molecule has 0 spiro atoms. The molecule has 4 rings (SSSR count). The molecule has 156 valence electrons. The molecule has 3 aromatic rings. The molecule has 7 heteroatoms. The molecule has 0 amide bonds. The molecule has 0 unspecified atom stereocenters. The molecule has 1 N–H and O–H groups in total. The molecular weight excluding hydrogens is 403 g/mol. The van der Waals surface area contributed by atoms with E-state index in [0.29, 0.717) is 17.9 Å².